The summed E-state index contributed by atoms with van der Waals surface area (Å²) in [6.45, 7) is 13.9. The van der Waals surface area contributed by atoms with Crippen LogP contribution in [0.3, 0.4) is 0 Å². The SMILES string of the molecule is CC[C@@]1(O)C(=O)OCc2c1cc1n(c2=O)Cc2c-1nc1ccccc1c2CC[Si](C)(C)CCCBr.CC[C@@]1(O)C(=O)OCc2c1cc1n(c2=O)Cc2c-1nc1ccccc1c2CC[Si](C)(C)CCCO. The number of fused-ring (bicyclic) bond motifs is 10. The Labute approximate surface area is 418 Å². The highest BCUT2D eigenvalue weighted by molar-refractivity contribution is 9.09. The summed E-state index contributed by atoms with van der Waals surface area (Å²) in [4.78, 5) is 61.9. The number of aryl methyl sites for hydroxylation is 2. The Kier molecular flexibility index (Phi) is 13.6. The van der Waals surface area contributed by atoms with E-state index in [0.717, 1.165) is 81.0 Å². The Morgan fingerprint density at radius 1 is 0.629 bits per heavy atom. The third-order valence-electron chi connectivity index (χ3n) is 15.5. The van der Waals surface area contributed by atoms with Gasteiger partial charge in [0, 0.05) is 61.1 Å². The second-order valence-electron chi connectivity index (χ2n) is 21.0. The average Bonchev–Trinajstić information content (AvgIpc) is 3.92. The Hall–Kier alpha value is -5.11. The van der Waals surface area contributed by atoms with Crippen LogP contribution >= 0.6 is 15.9 Å². The molecule has 16 heteroatoms. The summed E-state index contributed by atoms with van der Waals surface area (Å²) in [7, 11) is -2.88. The molecular weight excluding hydrogens is 985 g/mol. The number of hydrogen-bond acceptors (Lipinski definition) is 11. The fraction of sp³-hybridized carbons (Fsp3) is 0.444. The first-order chi connectivity index (χ1) is 33.4. The van der Waals surface area contributed by atoms with Gasteiger partial charge in [0.15, 0.2) is 11.2 Å². The number of alkyl halides is 1. The molecule has 0 aliphatic carbocycles. The number of halogens is 1. The van der Waals surface area contributed by atoms with Crippen molar-refractivity contribution in [1.82, 2.24) is 19.1 Å². The minimum atomic E-state index is -1.83. The van der Waals surface area contributed by atoms with Gasteiger partial charge < -0.3 is 33.9 Å². The molecule has 0 spiro atoms. The summed E-state index contributed by atoms with van der Waals surface area (Å²) in [5.74, 6) is -1.41. The summed E-state index contributed by atoms with van der Waals surface area (Å²) in [5.41, 5.74) is 6.58. The lowest BCUT2D eigenvalue weighted by molar-refractivity contribution is -0.172. The maximum atomic E-state index is 13.6. The van der Waals surface area contributed by atoms with Gasteiger partial charge in [0.2, 0.25) is 0 Å². The number of aromatic nitrogens is 4. The molecule has 0 unspecified atom stereocenters. The minimum absolute atomic E-state index is 0.110. The fourth-order valence-corrected chi connectivity index (χ4v) is 16.5. The molecule has 368 valence electrons. The number of cyclic esters (lactones) is 2. The molecule has 0 radical (unpaired) electrons. The van der Waals surface area contributed by atoms with E-state index in [-0.39, 0.29) is 43.8 Å². The van der Waals surface area contributed by atoms with Crippen molar-refractivity contribution in [3.05, 3.63) is 126 Å². The van der Waals surface area contributed by atoms with Crippen LogP contribution in [0.2, 0.25) is 50.4 Å². The zero-order chi connectivity index (χ0) is 49.9. The first-order valence-corrected chi connectivity index (χ1v) is 32.7. The Morgan fingerprint density at radius 2 is 1.04 bits per heavy atom. The Bertz CT molecular complexity index is 3010. The lowest BCUT2D eigenvalue weighted by Crippen LogP contribution is -2.44. The van der Waals surface area contributed by atoms with E-state index >= 15 is 0 Å². The van der Waals surface area contributed by atoms with Gasteiger partial charge in [0.25, 0.3) is 11.1 Å². The van der Waals surface area contributed by atoms with Crippen LogP contribution in [0, 0.1) is 0 Å². The average molecular weight is 1050 g/mol. The van der Waals surface area contributed by atoms with E-state index < -0.39 is 39.3 Å². The highest BCUT2D eigenvalue weighted by Crippen LogP contribution is 2.43. The second kappa shape index (κ2) is 19.1. The number of nitrogens with zero attached hydrogens (tertiary/aromatic N) is 4. The Morgan fingerprint density at radius 3 is 1.44 bits per heavy atom. The predicted molar refractivity (Wildman–Crippen MR) is 281 cm³/mol. The standard InChI is InChI=1S/C27H31BrN2O4Si.C27H32N2O5Si/c1-4-27(33)21-14-23-24-19(15-30(23)25(31)20(21)16-34-26(27)32)17(10-13-35(2,3)12-7-11-28)18-8-5-6-9-22(18)29-24;1-4-27(33)21-14-23-24-19(15-29(23)25(31)20(21)16-34-26(27)32)17(10-13-35(2,3)12-7-11-30)18-8-5-6-9-22(18)28-24/h5-6,8-9,14,33H,4,7,10-13,15-16H2,1-3H3;5-6,8-9,14,30,33H,4,7,10-13,15-16H2,1-3H3/t2*27-/m00/s1. The number of aliphatic hydroxyl groups excluding tert-OH is 1. The monoisotopic (exact) mass is 1050 g/mol. The smallest absolute Gasteiger partial charge is 0.343 e. The van der Waals surface area contributed by atoms with Crippen molar-refractivity contribution in [3.8, 4) is 22.8 Å². The van der Waals surface area contributed by atoms with Gasteiger partial charge in [0.1, 0.15) is 13.2 Å². The quantitative estimate of drug-likeness (QED) is 0.0538. The van der Waals surface area contributed by atoms with Gasteiger partial charge in [-0.1, -0.05) is 117 Å². The first kappa shape index (κ1) is 49.9. The van der Waals surface area contributed by atoms with Crippen LogP contribution < -0.4 is 11.1 Å². The summed E-state index contributed by atoms with van der Waals surface area (Å²) < 4.78 is 13.8. The van der Waals surface area contributed by atoms with Crippen molar-refractivity contribution >= 4 is 65.8 Å². The van der Waals surface area contributed by atoms with Gasteiger partial charge in [0.05, 0.1) is 58.0 Å². The van der Waals surface area contributed by atoms with Gasteiger partial charge in [-0.2, -0.15) is 0 Å². The number of aliphatic hydroxyl groups is 3. The summed E-state index contributed by atoms with van der Waals surface area (Å²) in [6.07, 6.45) is 4.14. The highest BCUT2D eigenvalue weighted by Gasteiger charge is 2.47. The van der Waals surface area contributed by atoms with Crippen LogP contribution in [-0.2, 0) is 69.4 Å². The highest BCUT2D eigenvalue weighted by atomic mass is 79.9. The maximum Gasteiger partial charge on any atom is 0.343 e. The molecule has 2 atom stereocenters. The van der Waals surface area contributed by atoms with Gasteiger partial charge in [-0.3, -0.25) is 9.59 Å². The number of pyridine rings is 4. The fourth-order valence-electron chi connectivity index (χ4n) is 11.1. The first-order valence-electron chi connectivity index (χ1n) is 24.7. The van der Waals surface area contributed by atoms with Crippen molar-refractivity contribution in [2.24, 2.45) is 0 Å². The molecule has 70 heavy (non-hydrogen) atoms. The molecule has 0 saturated heterocycles. The van der Waals surface area contributed by atoms with E-state index in [9.17, 15) is 34.5 Å². The molecule has 2 aromatic carbocycles. The molecule has 6 aromatic rings. The zero-order valence-electron chi connectivity index (χ0n) is 41.0. The molecule has 0 fully saturated rings. The molecule has 3 N–H and O–H groups in total. The van der Waals surface area contributed by atoms with Gasteiger partial charge in [-0.15, -0.1) is 0 Å². The number of para-hydroxylation sites is 2. The number of hydrogen-bond donors (Lipinski definition) is 3. The zero-order valence-corrected chi connectivity index (χ0v) is 44.6. The minimum Gasteiger partial charge on any atom is -0.458 e. The third kappa shape index (κ3) is 8.65. The lowest BCUT2D eigenvalue weighted by atomic mass is 9.86. The topological polar surface area (TPSA) is 183 Å². The number of benzene rings is 2. The molecule has 4 aromatic heterocycles. The predicted octanol–water partition coefficient (Wildman–Crippen LogP) is 8.83. The van der Waals surface area contributed by atoms with Crippen LogP contribution in [0.15, 0.2) is 70.3 Å². The van der Waals surface area contributed by atoms with E-state index in [1.54, 1.807) is 35.1 Å². The van der Waals surface area contributed by atoms with Crippen LogP contribution in [0.5, 0.6) is 0 Å². The van der Waals surface area contributed by atoms with Crippen molar-refractivity contribution in [3.63, 3.8) is 0 Å². The normalized spacial score (nSPS) is 18.8. The molecule has 10 rings (SSSR count). The molecule has 4 aliphatic heterocycles. The van der Waals surface area contributed by atoms with Gasteiger partial charge >= 0.3 is 11.9 Å². The molecule has 8 heterocycles. The van der Waals surface area contributed by atoms with Crippen LogP contribution in [0.25, 0.3) is 44.6 Å². The van der Waals surface area contributed by atoms with E-state index in [1.807, 2.05) is 36.4 Å². The summed E-state index contributed by atoms with van der Waals surface area (Å²) >= 11 is 3.57. The third-order valence-corrected chi connectivity index (χ3v) is 22.7. The molecular formula is C54H63BrN4O9Si2. The van der Waals surface area contributed by atoms with Gasteiger partial charge in [-0.25, -0.2) is 19.6 Å². The summed E-state index contributed by atoms with van der Waals surface area (Å²) in [5, 5.41) is 34.8. The number of ether oxygens (including phenoxy) is 2. The van der Waals surface area contributed by atoms with Crippen molar-refractivity contribution in [2.45, 2.75) is 140 Å². The summed E-state index contributed by atoms with van der Waals surface area (Å²) in [6, 6.07) is 24.4. The molecule has 13 nitrogen and oxygen atoms in total. The van der Waals surface area contributed by atoms with E-state index in [2.05, 4.69) is 54.3 Å². The van der Waals surface area contributed by atoms with Crippen molar-refractivity contribution < 1.29 is 34.4 Å². The molecule has 0 amide bonds. The van der Waals surface area contributed by atoms with E-state index in [1.165, 1.54) is 29.6 Å². The number of rotatable bonds is 14. The number of carbonyl (C=O) groups is 2. The lowest BCUT2D eigenvalue weighted by Gasteiger charge is -2.31. The van der Waals surface area contributed by atoms with Crippen LogP contribution in [0.4, 0.5) is 0 Å². The second-order valence-corrected chi connectivity index (χ2v) is 32.5. The largest absolute Gasteiger partial charge is 0.458 e. The van der Waals surface area contributed by atoms with Crippen LogP contribution in [-0.4, -0.2) is 74.4 Å². The number of carbonyl (C=O) groups excluding carboxylic acids is 2. The van der Waals surface area contributed by atoms with Crippen LogP contribution in [0.1, 0.15) is 84.0 Å². The van der Waals surface area contributed by atoms with E-state index in [0.29, 0.717) is 46.7 Å². The van der Waals surface area contributed by atoms with Crippen molar-refractivity contribution in [2.75, 3.05) is 11.9 Å². The molecule has 0 saturated carbocycles. The number of esters is 2. The van der Waals surface area contributed by atoms with Crippen molar-refractivity contribution in [1.29, 1.82) is 0 Å². The molecule has 4 aliphatic rings. The van der Waals surface area contributed by atoms with E-state index in [4.69, 9.17) is 19.4 Å². The van der Waals surface area contributed by atoms with Gasteiger partial charge in [-0.05, 0) is 73.9 Å². The maximum absolute atomic E-state index is 13.6. The Balaban J connectivity index is 0.000000174. The molecule has 0 bridgehead atoms.